The molecule has 0 amide bonds. The minimum Gasteiger partial charge on any atom is -0.494 e. The molecule has 0 radical (unpaired) electrons. The first kappa shape index (κ1) is 8.84. The number of alkyl halides is 1. The van der Waals surface area contributed by atoms with Gasteiger partial charge in [-0.2, -0.15) is 0 Å². The maximum absolute atomic E-state index is 5.30. The number of ether oxygens (including phenoxy) is 1. The predicted octanol–water partition coefficient (Wildman–Crippen LogP) is 3.02. The van der Waals surface area contributed by atoms with Crippen molar-refractivity contribution >= 4 is 22.6 Å². The highest BCUT2D eigenvalue weighted by molar-refractivity contribution is 14.1. The topological polar surface area (TPSA) is 9.23 Å². The first-order valence-corrected chi connectivity index (χ1v) is 5.17. The molecule has 0 unspecified atom stereocenters. The highest BCUT2D eigenvalue weighted by atomic mass is 127. The van der Waals surface area contributed by atoms with Gasteiger partial charge >= 0.3 is 0 Å². The smallest absolute Gasteiger partial charge is 0.119 e. The summed E-state index contributed by atoms with van der Waals surface area (Å²) in [4.78, 5) is 0. The third kappa shape index (κ3) is 2.69. The van der Waals surface area contributed by atoms with Gasteiger partial charge in [0.25, 0.3) is 0 Å². The number of halogens is 1. The lowest BCUT2D eigenvalue weighted by atomic mass is 10.2. The molecule has 0 bridgehead atoms. The molecule has 0 spiro atoms. The van der Waals surface area contributed by atoms with Crippen molar-refractivity contribution in [3.05, 3.63) is 29.8 Å². The zero-order valence-corrected chi connectivity index (χ0v) is 8.67. The Bertz CT molecular complexity index is 205. The molecule has 1 nitrogen and oxygen atoms in total. The van der Waals surface area contributed by atoms with E-state index in [1.54, 1.807) is 0 Å². The van der Waals surface area contributed by atoms with Crippen molar-refractivity contribution in [1.82, 2.24) is 0 Å². The summed E-state index contributed by atoms with van der Waals surface area (Å²) in [5.74, 6) is 0.959. The van der Waals surface area contributed by atoms with Gasteiger partial charge in [-0.25, -0.2) is 0 Å². The van der Waals surface area contributed by atoms with Gasteiger partial charge in [0.15, 0.2) is 0 Å². The molecule has 1 rings (SSSR count). The molecule has 1 aromatic carbocycles. The highest BCUT2D eigenvalue weighted by Gasteiger charge is 1.91. The van der Waals surface area contributed by atoms with Crippen LogP contribution in [-0.2, 0) is 4.43 Å². The average molecular weight is 262 g/mol. The van der Waals surface area contributed by atoms with Gasteiger partial charge in [-0.1, -0.05) is 34.7 Å². The van der Waals surface area contributed by atoms with Gasteiger partial charge in [0.2, 0.25) is 0 Å². The minimum absolute atomic E-state index is 0.740. The molecular formula is C9H11IO. The van der Waals surface area contributed by atoms with Gasteiger partial charge in [-0.15, -0.1) is 0 Å². The zero-order valence-electron chi connectivity index (χ0n) is 6.51. The Kier molecular flexibility index (Phi) is 3.69. The molecule has 0 N–H and O–H groups in total. The molecule has 0 fully saturated rings. The molecule has 1 aromatic rings. The Morgan fingerprint density at radius 3 is 2.36 bits per heavy atom. The van der Waals surface area contributed by atoms with E-state index in [1.165, 1.54) is 5.56 Å². The van der Waals surface area contributed by atoms with Crippen LogP contribution in [0.4, 0.5) is 0 Å². The maximum atomic E-state index is 5.30. The van der Waals surface area contributed by atoms with Crippen molar-refractivity contribution in [3.8, 4) is 5.75 Å². The normalized spacial score (nSPS) is 9.64. The summed E-state index contributed by atoms with van der Waals surface area (Å²) >= 11 is 2.35. The Hall–Kier alpha value is -0.250. The summed E-state index contributed by atoms with van der Waals surface area (Å²) in [6.07, 6.45) is 0. The van der Waals surface area contributed by atoms with Crippen LogP contribution in [0.2, 0.25) is 0 Å². The molecule has 60 valence electrons. The Balaban J connectivity index is 2.66. The second-order valence-corrected chi connectivity index (χ2v) is 2.97. The van der Waals surface area contributed by atoms with Crippen molar-refractivity contribution in [1.29, 1.82) is 0 Å². The Morgan fingerprint density at radius 1 is 1.27 bits per heavy atom. The quantitative estimate of drug-likeness (QED) is 0.601. The highest BCUT2D eigenvalue weighted by Crippen LogP contribution is 2.13. The van der Waals surface area contributed by atoms with Crippen LogP contribution in [0.15, 0.2) is 24.3 Å². The van der Waals surface area contributed by atoms with Crippen LogP contribution in [0.25, 0.3) is 0 Å². The van der Waals surface area contributed by atoms with Crippen LogP contribution < -0.4 is 4.74 Å². The lowest BCUT2D eigenvalue weighted by Gasteiger charge is -2.02. The second-order valence-electron chi connectivity index (χ2n) is 2.21. The number of benzene rings is 1. The van der Waals surface area contributed by atoms with E-state index < -0.39 is 0 Å². The molecule has 0 saturated carbocycles. The lowest BCUT2D eigenvalue weighted by Crippen LogP contribution is -1.90. The van der Waals surface area contributed by atoms with E-state index in [9.17, 15) is 0 Å². The zero-order chi connectivity index (χ0) is 8.10. The number of hydrogen-bond donors (Lipinski definition) is 0. The van der Waals surface area contributed by atoms with Crippen LogP contribution in [0.5, 0.6) is 5.75 Å². The van der Waals surface area contributed by atoms with E-state index in [1.807, 2.05) is 19.1 Å². The van der Waals surface area contributed by atoms with E-state index in [2.05, 4.69) is 34.7 Å². The molecule has 0 aliphatic carbocycles. The maximum Gasteiger partial charge on any atom is 0.119 e. The van der Waals surface area contributed by atoms with Gasteiger partial charge in [0, 0.05) is 4.43 Å². The predicted molar refractivity (Wildman–Crippen MR) is 55.3 cm³/mol. The first-order chi connectivity index (χ1) is 5.36. The van der Waals surface area contributed by atoms with Crippen molar-refractivity contribution in [3.63, 3.8) is 0 Å². The monoisotopic (exact) mass is 262 g/mol. The number of hydrogen-bond acceptors (Lipinski definition) is 1. The van der Waals surface area contributed by atoms with Crippen molar-refractivity contribution in [2.24, 2.45) is 0 Å². The molecule has 0 saturated heterocycles. The minimum atomic E-state index is 0.740. The molecule has 0 atom stereocenters. The second kappa shape index (κ2) is 4.59. The Morgan fingerprint density at radius 2 is 1.91 bits per heavy atom. The van der Waals surface area contributed by atoms with Crippen LogP contribution in [0.3, 0.4) is 0 Å². The van der Waals surface area contributed by atoms with Gasteiger partial charge in [-0.05, 0) is 24.6 Å². The van der Waals surface area contributed by atoms with E-state index in [4.69, 9.17) is 4.74 Å². The van der Waals surface area contributed by atoms with E-state index in [0.29, 0.717) is 0 Å². The summed E-state index contributed by atoms with van der Waals surface area (Å²) in [6.45, 7) is 2.73. The molecule has 0 aliphatic heterocycles. The van der Waals surface area contributed by atoms with Gasteiger partial charge in [0.05, 0.1) is 6.61 Å². The fourth-order valence-electron chi connectivity index (χ4n) is 0.841. The van der Waals surface area contributed by atoms with Crippen molar-refractivity contribution < 1.29 is 4.74 Å². The molecule has 0 heterocycles. The van der Waals surface area contributed by atoms with Crippen molar-refractivity contribution in [2.75, 3.05) is 6.61 Å². The number of rotatable bonds is 3. The lowest BCUT2D eigenvalue weighted by molar-refractivity contribution is 0.340. The summed E-state index contributed by atoms with van der Waals surface area (Å²) in [5, 5.41) is 0. The van der Waals surface area contributed by atoms with E-state index >= 15 is 0 Å². The summed E-state index contributed by atoms with van der Waals surface area (Å²) in [7, 11) is 0. The molecule has 0 aromatic heterocycles. The molecule has 2 heteroatoms. The van der Waals surface area contributed by atoms with Gasteiger partial charge in [-0.3, -0.25) is 0 Å². The van der Waals surface area contributed by atoms with Crippen molar-refractivity contribution in [2.45, 2.75) is 11.4 Å². The SMILES string of the molecule is CCOc1ccc(CI)cc1. The van der Waals surface area contributed by atoms with Crippen LogP contribution in [0.1, 0.15) is 12.5 Å². The van der Waals surface area contributed by atoms with Gasteiger partial charge in [0.1, 0.15) is 5.75 Å². The van der Waals surface area contributed by atoms with E-state index in [0.717, 1.165) is 16.8 Å². The fraction of sp³-hybridized carbons (Fsp3) is 0.333. The fourth-order valence-corrected chi connectivity index (χ4v) is 1.35. The van der Waals surface area contributed by atoms with Gasteiger partial charge < -0.3 is 4.74 Å². The Labute approximate surface area is 80.9 Å². The molecule has 0 aliphatic rings. The molecular weight excluding hydrogens is 251 g/mol. The standard InChI is InChI=1S/C9H11IO/c1-2-11-9-5-3-8(7-10)4-6-9/h3-6H,2,7H2,1H3. The summed E-state index contributed by atoms with van der Waals surface area (Å²) < 4.78 is 6.36. The van der Waals surface area contributed by atoms with E-state index in [-0.39, 0.29) is 0 Å². The summed E-state index contributed by atoms with van der Waals surface area (Å²) in [6, 6.07) is 8.21. The van der Waals surface area contributed by atoms with Crippen LogP contribution in [-0.4, -0.2) is 6.61 Å². The van der Waals surface area contributed by atoms with Crippen LogP contribution >= 0.6 is 22.6 Å². The third-order valence-corrected chi connectivity index (χ3v) is 2.27. The first-order valence-electron chi connectivity index (χ1n) is 3.64. The largest absolute Gasteiger partial charge is 0.494 e. The van der Waals surface area contributed by atoms with Crippen LogP contribution in [0, 0.1) is 0 Å². The summed E-state index contributed by atoms with van der Waals surface area (Å²) in [5.41, 5.74) is 1.34. The average Bonchev–Trinajstić information content (AvgIpc) is 2.07. The molecule has 11 heavy (non-hydrogen) atoms. The third-order valence-electron chi connectivity index (χ3n) is 1.39.